The van der Waals surface area contributed by atoms with Crippen molar-refractivity contribution in [2.24, 2.45) is 0 Å². The predicted octanol–water partition coefficient (Wildman–Crippen LogP) is 1.04. The van der Waals surface area contributed by atoms with E-state index in [0.29, 0.717) is 24.4 Å². The highest BCUT2D eigenvalue weighted by molar-refractivity contribution is 7.89. The lowest BCUT2D eigenvalue weighted by Crippen LogP contribution is -2.49. The van der Waals surface area contributed by atoms with Gasteiger partial charge in [-0.2, -0.15) is 4.31 Å². The molecule has 0 unspecified atom stereocenters. The minimum absolute atomic E-state index is 0.120. The summed E-state index contributed by atoms with van der Waals surface area (Å²) in [5.41, 5.74) is 0. The van der Waals surface area contributed by atoms with Gasteiger partial charge in [-0.1, -0.05) is 17.7 Å². The highest BCUT2D eigenvalue weighted by atomic mass is 35.5. The Morgan fingerprint density at radius 2 is 2.00 bits per heavy atom. The van der Waals surface area contributed by atoms with Crippen molar-refractivity contribution in [2.45, 2.75) is 23.8 Å². The molecule has 0 aliphatic carbocycles. The quantitative estimate of drug-likeness (QED) is 0.877. The average Bonchev–Trinajstić information content (AvgIpc) is 2.37. The second-order valence-corrected chi connectivity index (χ2v) is 9.20. The summed E-state index contributed by atoms with van der Waals surface area (Å²) >= 11 is 5.83. The molecule has 1 aliphatic rings. The number of halogens is 1. The third-order valence-corrected chi connectivity index (χ3v) is 6.06. The van der Waals surface area contributed by atoms with Crippen LogP contribution >= 0.6 is 11.6 Å². The number of hydrogen-bond acceptors (Lipinski definition) is 4. The van der Waals surface area contributed by atoms with Crippen molar-refractivity contribution in [3.63, 3.8) is 0 Å². The maximum absolute atomic E-state index is 12.5. The molecular weight excluding hydrogens is 336 g/mol. The van der Waals surface area contributed by atoms with E-state index in [9.17, 15) is 16.8 Å². The van der Waals surface area contributed by atoms with Gasteiger partial charge in [-0.3, -0.25) is 0 Å². The molecule has 6 nitrogen and oxygen atoms in total. The van der Waals surface area contributed by atoms with Gasteiger partial charge in [-0.05, 0) is 31.0 Å². The van der Waals surface area contributed by atoms with Crippen LogP contribution in [0, 0.1) is 0 Å². The van der Waals surface area contributed by atoms with Crippen LogP contribution in [0.5, 0.6) is 0 Å². The van der Waals surface area contributed by atoms with Gasteiger partial charge in [0, 0.05) is 24.2 Å². The maximum Gasteiger partial charge on any atom is 0.243 e. The summed E-state index contributed by atoms with van der Waals surface area (Å²) in [6.45, 7) is 0.499. The van der Waals surface area contributed by atoms with Crippen molar-refractivity contribution in [2.75, 3.05) is 19.3 Å². The molecule has 1 aliphatic heterocycles. The van der Waals surface area contributed by atoms with Crippen LogP contribution in [-0.2, 0) is 20.0 Å². The number of nitrogens with one attached hydrogen (secondary N) is 1. The summed E-state index contributed by atoms with van der Waals surface area (Å²) in [5.74, 6) is 0. The second kappa shape index (κ2) is 6.21. The molecule has 9 heteroatoms. The molecule has 0 bridgehead atoms. The topological polar surface area (TPSA) is 83.6 Å². The van der Waals surface area contributed by atoms with Crippen LogP contribution in [0.15, 0.2) is 29.2 Å². The molecular formula is C12H17ClN2O4S2. The van der Waals surface area contributed by atoms with E-state index in [2.05, 4.69) is 4.72 Å². The van der Waals surface area contributed by atoms with Crippen LogP contribution in [0.4, 0.5) is 0 Å². The molecule has 1 aromatic rings. The van der Waals surface area contributed by atoms with E-state index in [-0.39, 0.29) is 11.4 Å². The molecule has 0 saturated carbocycles. The van der Waals surface area contributed by atoms with Crippen LogP contribution in [-0.4, -0.2) is 46.5 Å². The number of benzene rings is 1. The first-order chi connectivity index (χ1) is 9.68. The van der Waals surface area contributed by atoms with Gasteiger partial charge >= 0.3 is 0 Å². The summed E-state index contributed by atoms with van der Waals surface area (Å²) < 4.78 is 51.4. The first-order valence-electron chi connectivity index (χ1n) is 6.41. The third kappa shape index (κ3) is 4.40. The van der Waals surface area contributed by atoms with Crippen molar-refractivity contribution in [3.8, 4) is 0 Å². The average molecular weight is 353 g/mol. The molecule has 1 heterocycles. The number of sulfonamides is 2. The lowest BCUT2D eigenvalue weighted by Gasteiger charge is -2.31. The zero-order valence-electron chi connectivity index (χ0n) is 11.5. The Morgan fingerprint density at radius 3 is 2.62 bits per heavy atom. The zero-order valence-corrected chi connectivity index (χ0v) is 13.9. The molecule has 21 heavy (non-hydrogen) atoms. The summed E-state index contributed by atoms with van der Waals surface area (Å²) in [6.07, 6.45) is 2.29. The molecule has 1 atom stereocenters. The predicted molar refractivity (Wildman–Crippen MR) is 81.2 cm³/mol. The maximum atomic E-state index is 12.5. The normalized spacial score (nSPS) is 21.3. The number of nitrogens with zero attached hydrogens (tertiary/aromatic N) is 1. The third-order valence-electron chi connectivity index (χ3n) is 3.20. The fraction of sp³-hybridized carbons (Fsp3) is 0.500. The minimum Gasteiger partial charge on any atom is -0.213 e. The van der Waals surface area contributed by atoms with Gasteiger partial charge in [0.2, 0.25) is 20.0 Å². The second-order valence-electron chi connectivity index (χ2n) is 5.05. The van der Waals surface area contributed by atoms with Gasteiger partial charge in [0.05, 0.1) is 11.2 Å². The van der Waals surface area contributed by atoms with Gasteiger partial charge in [-0.15, -0.1) is 0 Å². The monoisotopic (exact) mass is 352 g/mol. The van der Waals surface area contributed by atoms with E-state index < -0.39 is 26.1 Å². The van der Waals surface area contributed by atoms with Crippen LogP contribution in [0.25, 0.3) is 0 Å². The van der Waals surface area contributed by atoms with E-state index in [4.69, 9.17) is 11.6 Å². The van der Waals surface area contributed by atoms with Gasteiger partial charge in [-0.25, -0.2) is 21.6 Å². The molecule has 1 fully saturated rings. The van der Waals surface area contributed by atoms with E-state index in [0.717, 1.165) is 6.26 Å². The van der Waals surface area contributed by atoms with Crippen LogP contribution in [0.2, 0.25) is 5.02 Å². The van der Waals surface area contributed by atoms with Crippen molar-refractivity contribution >= 4 is 31.6 Å². The van der Waals surface area contributed by atoms with Crippen molar-refractivity contribution in [3.05, 3.63) is 29.3 Å². The van der Waals surface area contributed by atoms with E-state index in [1.54, 1.807) is 12.1 Å². The summed E-state index contributed by atoms with van der Waals surface area (Å²) in [5, 5.41) is 0.346. The zero-order chi connectivity index (χ0) is 15.7. The van der Waals surface area contributed by atoms with Gasteiger partial charge in [0.1, 0.15) is 0 Å². The minimum atomic E-state index is -3.66. The van der Waals surface area contributed by atoms with E-state index in [1.807, 2.05) is 0 Å². The molecule has 118 valence electrons. The van der Waals surface area contributed by atoms with Gasteiger partial charge in [0.25, 0.3) is 0 Å². The lowest BCUT2D eigenvalue weighted by atomic mass is 10.1. The molecule has 1 N–H and O–H groups in total. The highest BCUT2D eigenvalue weighted by Crippen LogP contribution is 2.23. The molecule has 0 amide bonds. The molecule has 0 aromatic heterocycles. The van der Waals surface area contributed by atoms with Crippen LogP contribution in [0.3, 0.4) is 0 Å². The van der Waals surface area contributed by atoms with Crippen molar-refractivity contribution in [1.82, 2.24) is 9.03 Å². The summed E-state index contributed by atoms with van der Waals surface area (Å²) in [6, 6.07) is 5.65. The Kier molecular flexibility index (Phi) is 4.94. The molecule has 0 radical (unpaired) electrons. The first kappa shape index (κ1) is 16.7. The van der Waals surface area contributed by atoms with Gasteiger partial charge < -0.3 is 0 Å². The smallest absolute Gasteiger partial charge is 0.213 e. The number of piperidine rings is 1. The SMILES string of the molecule is CS(=O)(=O)N[C@@H]1CCCN(S(=O)(=O)c2cccc(Cl)c2)C1. The Bertz CT molecular complexity index is 719. The Labute approximate surface area is 130 Å². The summed E-state index contributed by atoms with van der Waals surface area (Å²) in [4.78, 5) is 0.120. The Morgan fingerprint density at radius 1 is 1.29 bits per heavy atom. The number of hydrogen-bond donors (Lipinski definition) is 1. The molecule has 1 saturated heterocycles. The molecule has 0 spiro atoms. The van der Waals surface area contributed by atoms with Crippen LogP contribution < -0.4 is 4.72 Å². The Hall–Kier alpha value is -0.670. The van der Waals surface area contributed by atoms with Crippen molar-refractivity contribution < 1.29 is 16.8 Å². The fourth-order valence-electron chi connectivity index (χ4n) is 2.34. The Balaban J connectivity index is 2.20. The fourth-order valence-corrected chi connectivity index (χ4v) is 4.96. The highest BCUT2D eigenvalue weighted by Gasteiger charge is 2.31. The lowest BCUT2D eigenvalue weighted by molar-refractivity contribution is 0.303. The van der Waals surface area contributed by atoms with Crippen molar-refractivity contribution in [1.29, 1.82) is 0 Å². The van der Waals surface area contributed by atoms with E-state index in [1.165, 1.54) is 16.4 Å². The molecule has 1 aromatic carbocycles. The van der Waals surface area contributed by atoms with Gasteiger partial charge in [0.15, 0.2) is 0 Å². The number of rotatable bonds is 4. The standard InChI is InChI=1S/C12H17ClN2O4S2/c1-20(16,17)14-11-5-3-7-15(9-11)21(18,19)12-6-2-4-10(13)8-12/h2,4,6,8,11,14H,3,5,7,9H2,1H3/t11-/m1/s1. The molecule has 2 rings (SSSR count). The van der Waals surface area contributed by atoms with Crippen LogP contribution in [0.1, 0.15) is 12.8 Å². The first-order valence-corrected chi connectivity index (χ1v) is 10.1. The van der Waals surface area contributed by atoms with E-state index >= 15 is 0 Å². The largest absolute Gasteiger partial charge is 0.243 e. The summed E-state index contributed by atoms with van der Waals surface area (Å²) in [7, 11) is -7.02.